The van der Waals surface area contributed by atoms with Crippen LogP contribution in [-0.2, 0) is 14.3 Å². The van der Waals surface area contributed by atoms with E-state index in [1.807, 2.05) is 22.6 Å². The molecule has 0 spiro atoms. The number of hydrogen-bond acceptors (Lipinski definition) is 6. The zero-order valence-electron chi connectivity index (χ0n) is 17.8. The van der Waals surface area contributed by atoms with Crippen LogP contribution in [0.1, 0.15) is 13.3 Å². The third-order valence-corrected chi connectivity index (χ3v) is 5.71. The standard InChI is InChI=1S/C21H26F3IN2O6/c1-2-32-11-18(29)27(12-21(22,23)24)15-9-13(20(31)26-7-8-28)10-17(19(15)30)33-16-6-4-3-5-14(16)25/h3-6,10,15,17,19,28,30H,2,7-9,11-12H2,1H3,(H,26,31). The summed E-state index contributed by atoms with van der Waals surface area (Å²) >= 11 is 2.00. The summed E-state index contributed by atoms with van der Waals surface area (Å²) < 4.78 is 51.5. The first-order valence-corrected chi connectivity index (χ1v) is 11.3. The lowest BCUT2D eigenvalue weighted by Crippen LogP contribution is -2.57. The van der Waals surface area contributed by atoms with Crippen molar-refractivity contribution in [2.24, 2.45) is 0 Å². The smallest absolute Gasteiger partial charge is 0.406 e. The Bertz CT molecular complexity index is 852. The Hall–Kier alpha value is -1.90. The Morgan fingerprint density at radius 1 is 1.30 bits per heavy atom. The molecule has 2 amide bonds. The average Bonchev–Trinajstić information content (AvgIpc) is 2.76. The molecule has 1 aliphatic rings. The highest BCUT2D eigenvalue weighted by molar-refractivity contribution is 14.1. The van der Waals surface area contributed by atoms with E-state index in [0.717, 1.165) is 0 Å². The van der Waals surface area contributed by atoms with E-state index in [-0.39, 0.29) is 31.8 Å². The van der Waals surface area contributed by atoms with Crippen molar-refractivity contribution in [1.29, 1.82) is 0 Å². The zero-order valence-corrected chi connectivity index (χ0v) is 20.0. The number of rotatable bonds is 10. The highest BCUT2D eigenvalue weighted by atomic mass is 127. The van der Waals surface area contributed by atoms with Gasteiger partial charge < -0.3 is 29.9 Å². The highest BCUT2D eigenvalue weighted by Crippen LogP contribution is 2.31. The maximum Gasteiger partial charge on any atom is 0.406 e. The first kappa shape index (κ1) is 27.3. The first-order chi connectivity index (χ1) is 15.6. The van der Waals surface area contributed by atoms with E-state index in [1.54, 1.807) is 31.2 Å². The second-order valence-corrected chi connectivity index (χ2v) is 8.38. The average molecular weight is 586 g/mol. The van der Waals surface area contributed by atoms with Crippen molar-refractivity contribution in [3.63, 3.8) is 0 Å². The van der Waals surface area contributed by atoms with Crippen LogP contribution in [0.5, 0.6) is 5.75 Å². The predicted octanol–water partition coefficient (Wildman–Crippen LogP) is 1.63. The van der Waals surface area contributed by atoms with Crippen LogP contribution in [-0.4, -0.2) is 84.3 Å². The Morgan fingerprint density at radius 3 is 2.61 bits per heavy atom. The SMILES string of the molecule is CCOCC(=O)N(CC(F)(F)F)C1CC(C(=O)NCCO)=CC(Oc2ccccc2I)C1O. The minimum atomic E-state index is -4.74. The first-order valence-electron chi connectivity index (χ1n) is 10.2. The van der Waals surface area contributed by atoms with Gasteiger partial charge in [0.15, 0.2) is 0 Å². The lowest BCUT2D eigenvalue weighted by Gasteiger charge is -2.40. The Kier molecular flexibility index (Phi) is 10.4. The number of halogens is 4. The molecule has 0 bridgehead atoms. The van der Waals surface area contributed by atoms with Crippen molar-refractivity contribution in [3.05, 3.63) is 39.5 Å². The van der Waals surface area contributed by atoms with E-state index in [4.69, 9.17) is 14.6 Å². The molecule has 2 rings (SSSR count). The number of benzene rings is 1. The van der Waals surface area contributed by atoms with Crippen LogP contribution in [0.2, 0.25) is 0 Å². The van der Waals surface area contributed by atoms with Gasteiger partial charge in [-0.2, -0.15) is 13.2 Å². The maximum atomic E-state index is 13.3. The van der Waals surface area contributed by atoms with Gasteiger partial charge >= 0.3 is 6.18 Å². The maximum absolute atomic E-state index is 13.3. The Balaban J connectivity index is 2.41. The van der Waals surface area contributed by atoms with E-state index in [0.29, 0.717) is 14.2 Å². The van der Waals surface area contributed by atoms with Crippen LogP contribution in [0.15, 0.2) is 35.9 Å². The zero-order chi connectivity index (χ0) is 24.6. The van der Waals surface area contributed by atoms with Gasteiger partial charge in [-0.05, 0) is 47.7 Å². The lowest BCUT2D eigenvalue weighted by atomic mass is 9.88. The van der Waals surface area contributed by atoms with Crippen molar-refractivity contribution >= 4 is 34.4 Å². The molecule has 33 heavy (non-hydrogen) atoms. The lowest BCUT2D eigenvalue weighted by molar-refractivity contribution is -0.175. The summed E-state index contributed by atoms with van der Waals surface area (Å²) in [6, 6.07) is 5.40. The molecule has 3 atom stereocenters. The minimum Gasteiger partial charge on any atom is -0.482 e. The third-order valence-electron chi connectivity index (χ3n) is 4.81. The number of aliphatic hydroxyl groups excluding tert-OH is 2. The second kappa shape index (κ2) is 12.5. The Labute approximate surface area is 202 Å². The van der Waals surface area contributed by atoms with E-state index in [1.165, 1.54) is 6.08 Å². The van der Waals surface area contributed by atoms with Gasteiger partial charge in [0.2, 0.25) is 11.8 Å². The number of nitrogens with zero attached hydrogens (tertiary/aromatic N) is 1. The molecule has 0 aromatic heterocycles. The molecule has 0 saturated heterocycles. The number of amides is 2. The molecule has 0 saturated carbocycles. The monoisotopic (exact) mass is 586 g/mol. The van der Waals surface area contributed by atoms with Crippen molar-refractivity contribution in [2.75, 3.05) is 32.9 Å². The van der Waals surface area contributed by atoms with Gasteiger partial charge in [0.05, 0.1) is 16.2 Å². The summed E-state index contributed by atoms with van der Waals surface area (Å²) in [6.45, 7) is -0.920. The molecule has 0 radical (unpaired) electrons. The van der Waals surface area contributed by atoms with Crippen LogP contribution >= 0.6 is 22.6 Å². The molecule has 0 fully saturated rings. The summed E-state index contributed by atoms with van der Waals surface area (Å²) in [5.74, 6) is -1.25. The van der Waals surface area contributed by atoms with Gasteiger partial charge in [-0.3, -0.25) is 9.59 Å². The van der Waals surface area contributed by atoms with Crippen LogP contribution in [0, 0.1) is 3.57 Å². The molecule has 1 aromatic carbocycles. The van der Waals surface area contributed by atoms with E-state index in [2.05, 4.69) is 5.32 Å². The number of carbonyl (C=O) groups excluding carboxylic acids is 2. The molecule has 8 nitrogen and oxygen atoms in total. The number of aliphatic hydroxyl groups is 2. The van der Waals surface area contributed by atoms with Gasteiger partial charge in [0.1, 0.15) is 31.1 Å². The van der Waals surface area contributed by atoms with Gasteiger partial charge in [0, 0.05) is 25.1 Å². The van der Waals surface area contributed by atoms with Gasteiger partial charge in [-0.1, -0.05) is 12.1 Å². The minimum absolute atomic E-state index is 0.0334. The third kappa shape index (κ3) is 8.12. The molecular weight excluding hydrogens is 560 g/mol. The van der Waals surface area contributed by atoms with Crippen molar-refractivity contribution < 1.29 is 42.4 Å². The largest absolute Gasteiger partial charge is 0.482 e. The van der Waals surface area contributed by atoms with Crippen LogP contribution in [0.4, 0.5) is 13.2 Å². The molecule has 0 heterocycles. The summed E-state index contributed by atoms with van der Waals surface area (Å²) in [5, 5.41) is 22.4. The number of ether oxygens (including phenoxy) is 2. The van der Waals surface area contributed by atoms with Crippen LogP contribution < -0.4 is 10.1 Å². The van der Waals surface area contributed by atoms with E-state index in [9.17, 15) is 27.9 Å². The van der Waals surface area contributed by atoms with Gasteiger partial charge in [0.25, 0.3) is 0 Å². The van der Waals surface area contributed by atoms with Crippen molar-refractivity contribution in [1.82, 2.24) is 10.2 Å². The summed E-state index contributed by atoms with van der Waals surface area (Å²) in [6.07, 6.45) is -6.50. The summed E-state index contributed by atoms with van der Waals surface area (Å²) in [7, 11) is 0. The molecule has 1 aromatic rings. The number of alkyl halides is 3. The number of hydrogen-bond donors (Lipinski definition) is 3. The fourth-order valence-corrected chi connectivity index (χ4v) is 3.84. The number of nitrogens with one attached hydrogen (secondary N) is 1. The molecule has 0 aliphatic heterocycles. The highest BCUT2D eigenvalue weighted by Gasteiger charge is 2.44. The van der Waals surface area contributed by atoms with Gasteiger partial charge in [-0.25, -0.2) is 0 Å². The normalized spacial score (nSPS) is 20.7. The second-order valence-electron chi connectivity index (χ2n) is 7.22. The van der Waals surface area contributed by atoms with Gasteiger partial charge in [-0.15, -0.1) is 0 Å². The molecule has 1 aliphatic carbocycles. The summed E-state index contributed by atoms with van der Waals surface area (Å²) in [4.78, 5) is 25.6. The predicted molar refractivity (Wildman–Crippen MR) is 120 cm³/mol. The van der Waals surface area contributed by atoms with Crippen molar-refractivity contribution in [2.45, 2.75) is 37.8 Å². The topological polar surface area (TPSA) is 108 Å². The number of para-hydroxylation sites is 1. The molecule has 184 valence electrons. The summed E-state index contributed by atoms with van der Waals surface area (Å²) in [5.41, 5.74) is 0.0334. The van der Waals surface area contributed by atoms with Crippen LogP contribution in [0.3, 0.4) is 0 Å². The van der Waals surface area contributed by atoms with Crippen molar-refractivity contribution in [3.8, 4) is 5.75 Å². The molecule has 12 heteroatoms. The van der Waals surface area contributed by atoms with E-state index < -0.39 is 49.4 Å². The fourth-order valence-electron chi connectivity index (χ4n) is 3.32. The number of carbonyl (C=O) groups is 2. The molecule has 3 unspecified atom stereocenters. The van der Waals surface area contributed by atoms with E-state index >= 15 is 0 Å². The quantitative estimate of drug-likeness (QED) is 0.360. The molecular formula is C21H26F3IN2O6. The fraction of sp³-hybridized carbons (Fsp3) is 0.524. The van der Waals surface area contributed by atoms with Crippen LogP contribution in [0.25, 0.3) is 0 Å². The Morgan fingerprint density at radius 2 is 2.00 bits per heavy atom. The molecule has 3 N–H and O–H groups in total.